The molecule has 1 atom stereocenters. The Labute approximate surface area is 110 Å². The topological polar surface area (TPSA) is 49.4 Å². The van der Waals surface area contributed by atoms with Crippen LogP contribution in [-0.4, -0.2) is 35.3 Å². The molecule has 1 rings (SSSR count). The van der Waals surface area contributed by atoms with Gasteiger partial charge in [-0.2, -0.15) is 0 Å². The van der Waals surface area contributed by atoms with Crippen LogP contribution in [0.1, 0.15) is 53.4 Å². The van der Waals surface area contributed by atoms with Crippen LogP contribution in [0.15, 0.2) is 0 Å². The molecule has 1 fully saturated rings. The van der Waals surface area contributed by atoms with Crippen LogP contribution in [0.25, 0.3) is 0 Å². The fourth-order valence-electron chi connectivity index (χ4n) is 2.58. The number of nitrogens with one attached hydrogen (secondary N) is 1. The van der Waals surface area contributed by atoms with E-state index in [2.05, 4.69) is 33.0 Å². The molecule has 1 heterocycles. The van der Waals surface area contributed by atoms with Gasteiger partial charge in [-0.05, 0) is 25.2 Å². The minimum Gasteiger partial charge on any atom is -0.344 e. The van der Waals surface area contributed by atoms with E-state index in [0.29, 0.717) is 18.9 Å². The summed E-state index contributed by atoms with van der Waals surface area (Å²) in [7, 11) is 0. The molecule has 1 aliphatic heterocycles. The van der Waals surface area contributed by atoms with E-state index in [1.165, 1.54) is 0 Å². The van der Waals surface area contributed by atoms with E-state index in [9.17, 15) is 9.59 Å². The van der Waals surface area contributed by atoms with Crippen molar-refractivity contribution in [2.75, 3.05) is 6.54 Å². The van der Waals surface area contributed by atoms with Crippen molar-refractivity contribution in [2.24, 2.45) is 5.92 Å². The Hall–Kier alpha value is -1.06. The predicted molar refractivity (Wildman–Crippen MR) is 72.1 cm³/mol. The molecular formula is C14H26N2O2. The zero-order chi connectivity index (χ0) is 13.7. The standard InChI is InChI=1S/C14H26N2O2/c1-5-11(6-2)16-8-7-13(17)15-12(14(16)18)9-10(3)4/h10-12H,5-9H2,1-4H3,(H,15,17). The maximum Gasteiger partial charge on any atom is 0.245 e. The second kappa shape index (κ2) is 6.76. The SMILES string of the molecule is CCC(CC)N1CCC(=O)NC(CC(C)C)C1=O. The van der Waals surface area contributed by atoms with Gasteiger partial charge in [-0.3, -0.25) is 9.59 Å². The molecule has 0 bridgehead atoms. The first kappa shape index (κ1) is 15.0. The fourth-order valence-corrected chi connectivity index (χ4v) is 2.58. The van der Waals surface area contributed by atoms with Gasteiger partial charge in [0.05, 0.1) is 0 Å². The van der Waals surface area contributed by atoms with Gasteiger partial charge >= 0.3 is 0 Å². The van der Waals surface area contributed by atoms with E-state index < -0.39 is 0 Å². The summed E-state index contributed by atoms with van der Waals surface area (Å²) in [6.07, 6.45) is 3.05. The summed E-state index contributed by atoms with van der Waals surface area (Å²) in [6.45, 7) is 8.90. The van der Waals surface area contributed by atoms with Gasteiger partial charge in [-0.25, -0.2) is 0 Å². The molecule has 1 N–H and O–H groups in total. The van der Waals surface area contributed by atoms with Crippen LogP contribution in [0.2, 0.25) is 0 Å². The van der Waals surface area contributed by atoms with Gasteiger partial charge in [-0.1, -0.05) is 27.7 Å². The van der Waals surface area contributed by atoms with Crippen LogP contribution in [0.5, 0.6) is 0 Å². The van der Waals surface area contributed by atoms with E-state index in [1.807, 2.05) is 4.90 Å². The first-order chi connectivity index (χ1) is 8.49. The molecule has 0 saturated carbocycles. The minimum absolute atomic E-state index is 0.00227. The maximum absolute atomic E-state index is 12.5. The molecule has 0 spiro atoms. The number of hydrogen-bond acceptors (Lipinski definition) is 2. The third-order valence-corrected chi connectivity index (χ3v) is 3.59. The molecule has 2 amide bonds. The summed E-state index contributed by atoms with van der Waals surface area (Å²) in [5.41, 5.74) is 0. The van der Waals surface area contributed by atoms with Crippen LogP contribution in [0.4, 0.5) is 0 Å². The molecule has 1 aliphatic rings. The van der Waals surface area contributed by atoms with Crippen LogP contribution < -0.4 is 5.32 Å². The summed E-state index contributed by atoms with van der Waals surface area (Å²) >= 11 is 0. The summed E-state index contributed by atoms with van der Waals surface area (Å²) in [5.74, 6) is 0.506. The average molecular weight is 254 g/mol. The van der Waals surface area contributed by atoms with Gasteiger partial charge in [0.1, 0.15) is 6.04 Å². The molecule has 4 heteroatoms. The fraction of sp³-hybridized carbons (Fsp3) is 0.857. The molecule has 0 aromatic carbocycles. The van der Waals surface area contributed by atoms with Crippen molar-refractivity contribution in [1.29, 1.82) is 0 Å². The molecule has 4 nitrogen and oxygen atoms in total. The molecule has 104 valence electrons. The molecule has 1 unspecified atom stereocenters. The van der Waals surface area contributed by atoms with Crippen molar-refractivity contribution >= 4 is 11.8 Å². The number of amides is 2. The number of carbonyl (C=O) groups excluding carboxylic acids is 2. The second-order valence-corrected chi connectivity index (χ2v) is 5.50. The van der Waals surface area contributed by atoms with Crippen molar-refractivity contribution in [3.8, 4) is 0 Å². The molecule has 0 radical (unpaired) electrons. The summed E-state index contributed by atoms with van der Waals surface area (Å²) in [6, 6.07) is -0.0690. The quantitative estimate of drug-likeness (QED) is 0.815. The maximum atomic E-state index is 12.5. The Morgan fingerprint density at radius 2 is 1.89 bits per heavy atom. The van der Waals surface area contributed by atoms with Gasteiger partial charge < -0.3 is 10.2 Å². The highest BCUT2D eigenvalue weighted by molar-refractivity contribution is 5.90. The van der Waals surface area contributed by atoms with E-state index in [-0.39, 0.29) is 23.9 Å². The lowest BCUT2D eigenvalue weighted by Crippen LogP contribution is -2.48. The molecule has 0 aliphatic carbocycles. The Bertz CT molecular complexity index is 298. The second-order valence-electron chi connectivity index (χ2n) is 5.50. The van der Waals surface area contributed by atoms with E-state index in [1.54, 1.807) is 0 Å². The molecule has 0 aromatic heterocycles. The summed E-state index contributed by atoms with van der Waals surface area (Å²) in [4.78, 5) is 26.1. The highest BCUT2D eigenvalue weighted by Gasteiger charge is 2.32. The lowest BCUT2D eigenvalue weighted by Gasteiger charge is -2.31. The van der Waals surface area contributed by atoms with Crippen molar-refractivity contribution in [1.82, 2.24) is 10.2 Å². The monoisotopic (exact) mass is 254 g/mol. The van der Waals surface area contributed by atoms with Crippen LogP contribution >= 0.6 is 0 Å². The van der Waals surface area contributed by atoms with E-state index >= 15 is 0 Å². The smallest absolute Gasteiger partial charge is 0.245 e. The van der Waals surface area contributed by atoms with Gasteiger partial charge in [0, 0.05) is 19.0 Å². The molecule has 0 aromatic rings. The van der Waals surface area contributed by atoms with Gasteiger partial charge in [0.2, 0.25) is 11.8 Å². The third-order valence-electron chi connectivity index (χ3n) is 3.59. The van der Waals surface area contributed by atoms with E-state index in [0.717, 1.165) is 19.3 Å². The zero-order valence-electron chi connectivity index (χ0n) is 12.0. The first-order valence-electron chi connectivity index (χ1n) is 7.09. The zero-order valence-corrected chi connectivity index (χ0v) is 12.0. The van der Waals surface area contributed by atoms with Gasteiger partial charge in [-0.15, -0.1) is 0 Å². The number of carbonyl (C=O) groups is 2. The largest absolute Gasteiger partial charge is 0.344 e. The lowest BCUT2D eigenvalue weighted by atomic mass is 10.0. The number of rotatable bonds is 5. The van der Waals surface area contributed by atoms with Crippen molar-refractivity contribution < 1.29 is 9.59 Å². The van der Waals surface area contributed by atoms with Gasteiger partial charge in [0.25, 0.3) is 0 Å². The van der Waals surface area contributed by atoms with Gasteiger partial charge in [0.15, 0.2) is 0 Å². The highest BCUT2D eigenvalue weighted by atomic mass is 16.2. The lowest BCUT2D eigenvalue weighted by molar-refractivity contribution is -0.136. The number of hydrogen-bond donors (Lipinski definition) is 1. The first-order valence-corrected chi connectivity index (χ1v) is 7.09. The van der Waals surface area contributed by atoms with Crippen LogP contribution in [0.3, 0.4) is 0 Å². The molecular weight excluding hydrogens is 228 g/mol. The average Bonchev–Trinajstić information content (AvgIpc) is 2.43. The van der Waals surface area contributed by atoms with Crippen LogP contribution in [-0.2, 0) is 9.59 Å². The number of nitrogens with zero attached hydrogens (tertiary/aromatic N) is 1. The highest BCUT2D eigenvalue weighted by Crippen LogP contribution is 2.17. The molecule has 18 heavy (non-hydrogen) atoms. The normalized spacial score (nSPS) is 21.4. The summed E-state index contributed by atoms with van der Waals surface area (Å²) in [5, 5.41) is 2.86. The summed E-state index contributed by atoms with van der Waals surface area (Å²) < 4.78 is 0. The minimum atomic E-state index is -0.333. The van der Waals surface area contributed by atoms with Crippen molar-refractivity contribution in [3.05, 3.63) is 0 Å². The Kier molecular flexibility index (Phi) is 5.63. The Morgan fingerprint density at radius 1 is 1.28 bits per heavy atom. The molecule has 1 saturated heterocycles. The predicted octanol–water partition coefficient (Wildman–Crippen LogP) is 1.94. The van der Waals surface area contributed by atoms with Crippen molar-refractivity contribution in [2.45, 2.75) is 65.5 Å². The van der Waals surface area contributed by atoms with Crippen LogP contribution in [0, 0.1) is 5.92 Å². The van der Waals surface area contributed by atoms with E-state index in [4.69, 9.17) is 0 Å². The Balaban J connectivity index is 2.85. The third kappa shape index (κ3) is 3.72. The van der Waals surface area contributed by atoms with Crippen molar-refractivity contribution in [3.63, 3.8) is 0 Å². The Morgan fingerprint density at radius 3 is 2.39 bits per heavy atom.